The highest BCUT2D eigenvalue weighted by molar-refractivity contribution is 7.80. The second-order valence-corrected chi connectivity index (χ2v) is 7.54. The Morgan fingerprint density at radius 2 is 1.89 bits per heavy atom. The number of thiocarbonyl (C=S) groups is 1. The minimum Gasteiger partial charge on any atom is -0.379 e. The molecule has 3 heterocycles. The topological polar surface area (TPSA) is 62.6 Å². The molecule has 2 aliphatic heterocycles. The summed E-state index contributed by atoms with van der Waals surface area (Å²) < 4.78 is 7.27. The number of nitrogens with zero attached hydrogens (tertiary/aromatic N) is 4. The van der Waals surface area contributed by atoms with Gasteiger partial charge in [0.1, 0.15) is 6.04 Å². The van der Waals surface area contributed by atoms with Crippen LogP contribution >= 0.6 is 12.2 Å². The van der Waals surface area contributed by atoms with E-state index in [0.717, 1.165) is 55.5 Å². The molecule has 1 N–H and O–H groups in total. The van der Waals surface area contributed by atoms with Crippen molar-refractivity contribution in [2.45, 2.75) is 19.9 Å². The van der Waals surface area contributed by atoms with Gasteiger partial charge >= 0.3 is 0 Å². The van der Waals surface area contributed by atoms with Crippen molar-refractivity contribution in [1.29, 1.82) is 0 Å². The smallest absolute Gasteiger partial charge is 0.256 e. The van der Waals surface area contributed by atoms with Gasteiger partial charge < -0.3 is 10.1 Å². The van der Waals surface area contributed by atoms with Crippen molar-refractivity contribution in [1.82, 2.24) is 24.9 Å². The van der Waals surface area contributed by atoms with Crippen LogP contribution in [0.4, 0.5) is 0 Å². The zero-order valence-corrected chi connectivity index (χ0v) is 17.0. The third kappa shape index (κ3) is 3.55. The first kappa shape index (κ1) is 19.0. The highest BCUT2D eigenvalue weighted by Crippen LogP contribution is 2.29. The second kappa shape index (κ2) is 7.98. The van der Waals surface area contributed by atoms with E-state index >= 15 is 0 Å². The van der Waals surface area contributed by atoms with Gasteiger partial charge in [0, 0.05) is 37.4 Å². The number of hydrogen-bond acceptors (Lipinski definition) is 5. The molecule has 0 unspecified atom stereocenters. The molecule has 0 spiro atoms. The van der Waals surface area contributed by atoms with Gasteiger partial charge in [-0.3, -0.25) is 14.6 Å². The third-order valence-electron chi connectivity index (χ3n) is 5.41. The van der Waals surface area contributed by atoms with Crippen molar-refractivity contribution < 1.29 is 9.53 Å². The fourth-order valence-electron chi connectivity index (χ4n) is 3.89. The summed E-state index contributed by atoms with van der Waals surface area (Å²) in [7, 11) is 0. The maximum absolute atomic E-state index is 13.1. The van der Waals surface area contributed by atoms with E-state index in [4.69, 9.17) is 17.0 Å². The summed E-state index contributed by atoms with van der Waals surface area (Å²) in [6.07, 6.45) is 0. The molecule has 1 atom stereocenters. The fraction of sp³-hybridized carbons (Fsp3) is 0.450. The first-order chi connectivity index (χ1) is 13.6. The van der Waals surface area contributed by atoms with E-state index < -0.39 is 6.04 Å². The van der Waals surface area contributed by atoms with Gasteiger partial charge in [0.05, 0.1) is 24.6 Å². The Bertz CT molecular complexity index is 876. The Balaban J connectivity index is 1.53. The third-order valence-corrected chi connectivity index (χ3v) is 5.74. The molecule has 0 aliphatic carbocycles. The minimum absolute atomic E-state index is 0.00271. The Hall–Kier alpha value is -2.29. The van der Waals surface area contributed by atoms with E-state index in [1.54, 1.807) is 4.90 Å². The number of amides is 1. The monoisotopic (exact) mass is 399 g/mol. The number of carbonyl (C=O) groups is 1. The summed E-state index contributed by atoms with van der Waals surface area (Å²) in [5, 5.41) is 8.38. The van der Waals surface area contributed by atoms with Crippen molar-refractivity contribution >= 4 is 23.2 Å². The number of carbonyl (C=O) groups excluding carboxylic acids is 1. The van der Waals surface area contributed by atoms with Crippen LogP contribution in [0.25, 0.3) is 5.69 Å². The van der Waals surface area contributed by atoms with Crippen LogP contribution in [0.3, 0.4) is 0 Å². The van der Waals surface area contributed by atoms with Gasteiger partial charge in [0.2, 0.25) is 0 Å². The summed E-state index contributed by atoms with van der Waals surface area (Å²) in [4.78, 5) is 17.1. The molecule has 2 saturated heterocycles. The Kier molecular flexibility index (Phi) is 5.43. The van der Waals surface area contributed by atoms with E-state index in [1.165, 1.54) is 0 Å². The number of para-hydroxylation sites is 1. The Morgan fingerprint density at radius 3 is 2.61 bits per heavy atom. The molecule has 1 aromatic carbocycles. The van der Waals surface area contributed by atoms with Crippen molar-refractivity contribution in [2.24, 2.45) is 0 Å². The highest BCUT2D eigenvalue weighted by atomic mass is 32.1. The number of aromatic nitrogens is 2. The normalized spacial score (nSPS) is 20.6. The standard InChI is InChI=1S/C20H25N5O2S/c1-14-17(15(2)25(22-14)16-6-4-3-5-7-16)18-19(26)24(20(28)21-18)9-8-23-10-12-27-13-11-23/h3-7,18H,8-13H2,1-2H3,(H,21,28)/t18-/m0/s1. The maximum Gasteiger partial charge on any atom is 0.256 e. The van der Waals surface area contributed by atoms with Crippen LogP contribution in [0.2, 0.25) is 0 Å². The molecule has 2 aromatic rings. The summed E-state index contributed by atoms with van der Waals surface area (Å²) >= 11 is 5.47. The van der Waals surface area contributed by atoms with Crippen molar-refractivity contribution in [3.05, 3.63) is 47.3 Å². The van der Waals surface area contributed by atoms with E-state index in [1.807, 2.05) is 48.9 Å². The molecule has 2 aliphatic rings. The number of morpholine rings is 1. The van der Waals surface area contributed by atoms with Crippen LogP contribution in [0, 0.1) is 13.8 Å². The molecule has 0 saturated carbocycles. The van der Waals surface area contributed by atoms with Gasteiger partial charge in [0.25, 0.3) is 5.91 Å². The molecule has 148 valence electrons. The first-order valence-corrected chi connectivity index (χ1v) is 10.0. The predicted octanol–water partition coefficient (Wildman–Crippen LogP) is 1.58. The van der Waals surface area contributed by atoms with Crippen LogP contribution in [0.15, 0.2) is 30.3 Å². The zero-order chi connectivity index (χ0) is 19.7. The largest absolute Gasteiger partial charge is 0.379 e. The highest BCUT2D eigenvalue weighted by Gasteiger charge is 2.39. The molecular weight excluding hydrogens is 374 g/mol. The van der Waals surface area contributed by atoms with Crippen LogP contribution < -0.4 is 5.32 Å². The van der Waals surface area contributed by atoms with Crippen molar-refractivity contribution in [3.63, 3.8) is 0 Å². The number of nitrogens with one attached hydrogen (secondary N) is 1. The summed E-state index contributed by atoms with van der Waals surface area (Å²) in [5.74, 6) is -0.00271. The predicted molar refractivity (Wildman–Crippen MR) is 110 cm³/mol. The summed E-state index contributed by atoms with van der Waals surface area (Å²) in [5.41, 5.74) is 3.68. The molecule has 1 aromatic heterocycles. The van der Waals surface area contributed by atoms with Crippen LogP contribution in [0.1, 0.15) is 23.0 Å². The van der Waals surface area contributed by atoms with Gasteiger partial charge in [-0.25, -0.2) is 4.68 Å². The van der Waals surface area contributed by atoms with Crippen LogP contribution in [0.5, 0.6) is 0 Å². The first-order valence-electron chi connectivity index (χ1n) is 9.60. The molecule has 0 radical (unpaired) electrons. The summed E-state index contributed by atoms with van der Waals surface area (Å²) in [6.45, 7) is 8.61. The maximum atomic E-state index is 13.1. The number of aryl methyl sites for hydroxylation is 1. The molecule has 2 fully saturated rings. The SMILES string of the molecule is Cc1nn(-c2ccccc2)c(C)c1[C@@H]1NC(=S)N(CCN2CCOCC2)C1=O. The number of benzene rings is 1. The lowest BCUT2D eigenvalue weighted by atomic mass is 10.0. The van der Waals surface area contributed by atoms with Gasteiger partial charge in [-0.05, 0) is 38.2 Å². The quantitative estimate of drug-likeness (QED) is 0.771. The summed E-state index contributed by atoms with van der Waals surface area (Å²) in [6, 6.07) is 9.47. The average molecular weight is 400 g/mol. The Labute approximate surface area is 170 Å². The molecule has 7 nitrogen and oxygen atoms in total. The lowest BCUT2D eigenvalue weighted by Gasteiger charge is -2.28. The van der Waals surface area contributed by atoms with Crippen molar-refractivity contribution in [2.75, 3.05) is 39.4 Å². The van der Waals surface area contributed by atoms with Crippen molar-refractivity contribution in [3.8, 4) is 5.69 Å². The van der Waals surface area contributed by atoms with Crippen LogP contribution in [-0.2, 0) is 9.53 Å². The molecule has 28 heavy (non-hydrogen) atoms. The zero-order valence-electron chi connectivity index (χ0n) is 16.2. The van der Waals surface area contributed by atoms with Crippen LogP contribution in [-0.4, -0.2) is 70.0 Å². The average Bonchev–Trinajstić information content (AvgIpc) is 3.16. The lowest BCUT2D eigenvalue weighted by Crippen LogP contribution is -2.43. The number of rotatable bonds is 5. The molecule has 8 heteroatoms. The number of hydrogen-bond donors (Lipinski definition) is 1. The van der Waals surface area contributed by atoms with Gasteiger partial charge in [0.15, 0.2) is 5.11 Å². The minimum atomic E-state index is -0.477. The lowest BCUT2D eigenvalue weighted by molar-refractivity contribution is -0.127. The van der Waals surface area contributed by atoms with E-state index in [9.17, 15) is 4.79 Å². The van der Waals surface area contributed by atoms with Gasteiger partial charge in [-0.15, -0.1) is 0 Å². The molecule has 1 amide bonds. The van der Waals surface area contributed by atoms with Gasteiger partial charge in [-0.2, -0.15) is 5.10 Å². The molecule has 4 rings (SSSR count). The molecule has 0 bridgehead atoms. The fourth-order valence-corrected chi connectivity index (χ4v) is 4.18. The molecular formula is C20H25N5O2S. The number of ether oxygens (including phenoxy) is 1. The van der Waals surface area contributed by atoms with E-state index in [2.05, 4.69) is 15.3 Å². The second-order valence-electron chi connectivity index (χ2n) is 7.16. The van der Waals surface area contributed by atoms with Gasteiger partial charge in [-0.1, -0.05) is 18.2 Å². The van der Waals surface area contributed by atoms with E-state index in [0.29, 0.717) is 11.7 Å². The van der Waals surface area contributed by atoms with E-state index in [-0.39, 0.29) is 5.91 Å². The Morgan fingerprint density at radius 1 is 1.18 bits per heavy atom.